The van der Waals surface area contributed by atoms with E-state index < -0.39 is 17.7 Å². The summed E-state index contributed by atoms with van der Waals surface area (Å²) in [4.78, 5) is 33.3. The minimum absolute atomic E-state index is 0.0745. The lowest BCUT2D eigenvalue weighted by Crippen LogP contribution is -2.35. The number of carbonyl (C=O) groups is 2. The Morgan fingerprint density at radius 2 is 1.91 bits per heavy atom. The van der Waals surface area contributed by atoms with Crippen molar-refractivity contribution in [3.8, 4) is 11.5 Å². The number of amides is 1. The van der Waals surface area contributed by atoms with Gasteiger partial charge in [0.05, 0.1) is 11.6 Å². The molecule has 1 amide bonds. The van der Waals surface area contributed by atoms with Gasteiger partial charge in [-0.3, -0.25) is 9.59 Å². The number of H-pyrrole nitrogens is 1. The van der Waals surface area contributed by atoms with Crippen LogP contribution in [0.5, 0.6) is 11.5 Å². The number of nitrogens with zero attached hydrogens (tertiary/aromatic N) is 2. The minimum Gasteiger partial charge on any atom is -0.507 e. The predicted molar refractivity (Wildman–Crippen MR) is 123 cm³/mol. The van der Waals surface area contributed by atoms with E-state index >= 15 is 0 Å². The number of benzene rings is 2. The first-order valence-corrected chi connectivity index (χ1v) is 10.8. The monoisotopic (exact) mass is 447 g/mol. The number of aliphatic hydroxyl groups is 1. The summed E-state index contributed by atoms with van der Waals surface area (Å²) >= 11 is 0. The first-order chi connectivity index (χ1) is 15.9. The number of aromatic nitrogens is 1. The van der Waals surface area contributed by atoms with E-state index in [4.69, 9.17) is 9.47 Å². The molecule has 2 aliphatic rings. The average Bonchev–Trinajstić information content (AvgIpc) is 3.45. The van der Waals surface area contributed by atoms with Crippen LogP contribution in [-0.2, 0) is 9.59 Å². The average molecular weight is 447 g/mol. The number of hydrogen-bond acceptors (Lipinski definition) is 6. The van der Waals surface area contributed by atoms with E-state index in [0.29, 0.717) is 30.2 Å². The van der Waals surface area contributed by atoms with Gasteiger partial charge in [0.1, 0.15) is 5.76 Å². The molecule has 3 heterocycles. The van der Waals surface area contributed by atoms with Gasteiger partial charge in [-0.2, -0.15) is 0 Å². The summed E-state index contributed by atoms with van der Waals surface area (Å²) in [5.41, 5.74) is 3.03. The van der Waals surface area contributed by atoms with Crippen molar-refractivity contribution in [2.45, 2.75) is 13.0 Å². The number of para-hydroxylation sites is 1. The third kappa shape index (κ3) is 3.43. The van der Waals surface area contributed by atoms with Crippen molar-refractivity contribution in [2.24, 2.45) is 0 Å². The molecule has 1 unspecified atom stereocenters. The molecular weight excluding hydrogens is 422 g/mol. The van der Waals surface area contributed by atoms with Crippen LogP contribution in [-0.4, -0.2) is 65.6 Å². The topological polar surface area (TPSA) is 95.1 Å². The lowest BCUT2D eigenvalue weighted by atomic mass is 9.93. The number of hydrogen-bond donors (Lipinski definition) is 2. The first-order valence-electron chi connectivity index (χ1n) is 10.8. The number of aromatic amines is 1. The predicted octanol–water partition coefficient (Wildman–Crippen LogP) is 3.19. The number of ketones is 1. The third-order valence-electron chi connectivity index (χ3n) is 6.19. The highest BCUT2D eigenvalue weighted by Crippen LogP contribution is 2.44. The summed E-state index contributed by atoms with van der Waals surface area (Å²) < 4.78 is 10.8. The largest absolute Gasteiger partial charge is 0.507 e. The van der Waals surface area contributed by atoms with E-state index in [-0.39, 0.29) is 18.1 Å². The molecule has 8 heteroatoms. The van der Waals surface area contributed by atoms with Crippen molar-refractivity contribution in [3.63, 3.8) is 0 Å². The zero-order chi connectivity index (χ0) is 23.3. The van der Waals surface area contributed by atoms with Crippen LogP contribution in [0.2, 0.25) is 0 Å². The molecule has 170 valence electrons. The van der Waals surface area contributed by atoms with Crippen LogP contribution < -0.4 is 9.47 Å². The van der Waals surface area contributed by atoms with E-state index in [2.05, 4.69) is 4.98 Å². The fourth-order valence-corrected chi connectivity index (χ4v) is 4.57. The zero-order valence-electron chi connectivity index (χ0n) is 18.7. The maximum atomic E-state index is 13.3. The van der Waals surface area contributed by atoms with Crippen molar-refractivity contribution in [3.05, 3.63) is 64.9 Å². The van der Waals surface area contributed by atoms with Gasteiger partial charge in [0, 0.05) is 40.8 Å². The van der Waals surface area contributed by atoms with Gasteiger partial charge in [0.15, 0.2) is 11.5 Å². The van der Waals surface area contributed by atoms with Crippen molar-refractivity contribution >= 4 is 28.4 Å². The Balaban J connectivity index is 1.71. The van der Waals surface area contributed by atoms with Crippen molar-refractivity contribution in [1.82, 2.24) is 14.8 Å². The maximum absolute atomic E-state index is 13.3. The second-order valence-corrected chi connectivity index (χ2v) is 8.57. The van der Waals surface area contributed by atoms with Gasteiger partial charge in [-0.25, -0.2) is 0 Å². The summed E-state index contributed by atoms with van der Waals surface area (Å²) in [6, 6.07) is 12.0. The SMILES string of the molecule is Cc1[nH]c2ccccc2c1C1/C(=C(\O)c2ccc3c(c2)OCO3)C(=O)C(=O)N1CCN(C)C. The number of rotatable bonds is 5. The Kier molecular flexibility index (Phi) is 5.09. The minimum atomic E-state index is -0.716. The smallest absolute Gasteiger partial charge is 0.295 e. The number of ether oxygens (including phenoxy) is 2. The van der Waals surface area contributed by atoms with Gasteiger partial charge >= 0.3 is 0 Å². The number of aryl methyl sites for hydroxylation is 1. The number of carbonyl (C=O) groups excluding carboxylic acids is 2. The lowest BCUT2D eigenvalue weighted by Gasteiger charge is -2.27. The van der Waals surface area contributed by atoms with Gasteiger partial charge in [-0.1, -0.05) is 18.2 Å². The van der Waals surface area contributed by atoms with Crippen LogP contribution in [0.3, 0.4) is 0 Å². The Bertz CT molecular complexity index is 1310. The fourth-order valence-electron chi connectivity index (χ4n) is 4.57. The van der Waals surface area contributed by atoms with Crippen LogP contribution >= 0.6 is 0 Å². The summed E-state index contributed by atoms with van der Waals surface area (Å²) in [5.74, 6) is -0.483. The van der Waals surface area contributed by atoms with E-state index in [9.17, 15) is 14.7 Å². The number of Topliss-reactive ketones (excluding diaryl/α,β-unsaturated/α-hetero) is 1. The Hall–Kier alpha value is -3.78. The van der Waals surface area contributed by atoms with E-state index in [0.717, 1.165) is 22.2 Å². The molecule has 0 saturated carbocycles. The highest BCUT2D eigenvalue weighted by Gasteiger charge is 2.47. The molecular formula is C25H25N3O5. The Morgan fingerprint density at radius 1 is 1.15 bits per heavy atom. The normalized spacial score (nSPS) is 19.3. The van der Waals surface area contributed by atoms with E-state index in [1.807, 2.05) is 50.2 Å². The third-order valence-corrected chi connectivity index (χ3v) is 6.19. The molecule has 0 radical (unpaired) electrons. The molecule has 0 aliphatic carbocycles. The van der Waals surface area contributed by atoms with Gasteiger partial charge < -0.3 is 29.4 Å². The highest BCUT2D eigenvalue weighted by molar-refractivity contribution is 6.46. The van der Waals surface area contributed by atoms with Crippen molar-refractivity contribution in [1.29, 1.82) is 0 Å². The van der Waals surface area contributed by atoms with E-state index in [1.54, 1.807) is 23.1 Å². The quantitative estimate of drug-likeness (QED) is 0.354. The highest BCUT2D eigenvalue weighted by atomic mass is 16.7. The van der Waals surface area contributed by atoms with Gasteiger partial charge in [0.2, 0.25) is 6.79 Å². The van der Waals surface area contributed by atoms with Gasteiger partial charge in [-0.05, 0) is 45.3 Å². The lowest BCUT2D eigenvalue weighted by molar-refractivity contribution is -0.140. The second kappa shape index (κ2) is 7.97. The molecule has 3 aromatic rings. The summed E-state index contributed by atoms with van der Waals surface area (Å²) in [6.07, 6.45) is 0. The summed E-state index contributed by atoms with van der Waals surface area (Å²) in [5, 5.41) is 12.2. The second-order valence-electron chi connectivity index (χ2n) is 8.57. The van der Waals surface area contributed by atoms with Crippen molar-refractivity contribution in [2.75, 3.05) is 34.0 Å². The fraction of sp³-hybridized carbons (Fsp3) is 0.280. The van der Waals surface area contributed by atoms with E-state index in [1.165, 1.54) is 0 Å². The molecule has 2 aromatic carbocycles. The van der Waals surface area contributed by atoms with Crippen molar-refractivity contribution < 1.29 is 24.2 Å². The van der Waals surface area contributed by atoms with Gasteiger partial charge in [-0.15, -0.1) is 0 Å². The standard InChI is InChI=1S/C25H25N3O5/c1-14-20(16-6-4-5-7-17(16)26-14)22-21(24(30)25(31)28(22)11-10-27(2)3)23(29)15-8-9-18-19(12-15)33-13-32-18/h4-9,12,22,26,29H,10-11,13H2,1-3H3/b23-21+. The molecule has 1 saturated heterocycles. The van der Waals surface area contributed by atoms with Crippen LogP contribution in [0.1, 0.15) is 22.9 Å². The number of aliphatic hydroxyl groups excluding tert-OH is 1. The zero-order valence-corrected chi connectivity index (χ0v) is 18.7. The van der Waals surface area contributed by atoms with Crippen LogP contribution in [0.15, 0.2) is 48.0 Å². The number of likely N-dealkylation sites (N-methyl/N-ethyl adjacent to an activating group) is 1. The molecule has 33 heavy (non-hydrogen) atoms. The maximum Gasteiger partial charge on any atom is 0.295 e. The molecule has 0 spiro atoms. The van der Waals surface area contributed by atoms with Crippen LogP contribution in [0.4, 0.5) is 0 Å². The summed E-state index contributed by atoms with van der Waals surface area (Å²) in [7, 11) is 3.82. The van der Waals surface area contributed by atoms with Gasteiger partial charge in [0.25, 0.3) is 11.7 Å². The van der Waals surface area contributed by atoms with Crippen LogP contribution in [0.25, 0.3) is 16.7 Å². The molecule has 8 nitrogen and oxygen atoms in total. The Labute approximate surface area is 191 Å². The number of fused-ring (bicyclic) bond motifs is 2. The first kappa shape index (κ1) is 21.1. The number of nitrogens with one attached hydrogen (secondary N) is 1. The molecule has 1 fully saturated rings. The molecule has 0 bridgehead atoms. The summed E-state index contributed by atoms with van der Waals surface area (Å²) in [6.45, 7) is 2.94. The Morgan fingerprint density at radius 3 is 2.70 bits per heavy atom. The molecule has 1 atom stereocenters. The molecule has 5 rings (SSSR count). The molecule has 1 aromatic heterocycles. The van der Waals surface area contributed by atoms with Crippen LogP contribution in [0, 0.1) is 6.92 Å². The molecule has 2 aliphatic heterocycles. The molecule has 2 N–H and O–H groups in total. The number of likely N-dealkylation sites (tertiary alicyclic amines) is 1.